The molecule has 1 aromatic heterocycles. The number of carbonyl (C=O) groups excluding carboxylic acids is 1. The van der Waals surface area contributed by atoms with Crippen molar-refractivity contribution in [3.8, 4) is 17.4 Å². The Morgan fingerprint density at radius 3 is 2.67 bits per heavy atom. The van der Waals surface area contributed by atoms with E-state index >= 15 is 0 Å². The molecule has 0 bridgehead atoms. The highest BCUT2D eigenvalue weighted by Gasteiger charge is 2.21. The Kier molecular flexibility index (Phi) is 5.47. The molecule has 0 fully saturated rings. The molecule has 2 N–H and O–H groups in total. The Morgan fingerprint density at radius 2 is 2.08 bits per heavy atom. The number of hydrogen-bond donors (Lipinski definition) is 2. The van der Waals surface area contributed by atoms with Crippen LogP contribution in [0.4, 0.5) is 0 Å². The third kappa shape index (κ3) is 4.08. The van der Waals surface area contributed by atoms with Crippen molar-refractivity contribution >= 4 is 11.9 Å². The van der Waals surface area contributed by atoms with E-state index in [1.165, 1.54) is 0 Å². The van der Waals surface area contributed by atoms with E-state index in [0.717, 1.165) is 0 Å². The molecule has 0 saturated heterocycles. The number of amides is 1. The van der Waals surface area contributed by atoms with Crippen molar-refractivity contribution in [2.75, 3.05) is 0 Å². The summed E-state index contributed by atoms with van der Waals surface area (Å²) < 4.78 is 5.48. The molecule has 1 aromatic carbocycles. The molecule has 0 spiro atoms. The number of oxazole rings is 1. The summed E-state index contributed by atoms with van der Waals surface area (Å²) in [5, 5.41) is 20.7. The highest BCUT2D eigenvalue weighted by molar-refractivity contribution is 5.92. The van der Waals surface area contributed by atoms with Gasteiger partial charge in [-0.2, -0.15) is 5.26 Å². The molecular formula is C17H15N3O4. The molecular weight excluding hydrogens is 310 g/mol. The molecule has 7 heteroatoms. The first-order chi connectivity index (χ1) is 11.5. The number of carboxylic acids is 1. The first kappa shape index (κ1) is 17.0. The van der Waals surface area contributed by atoms with Gasteiger partial charge in [-0.05, 0) is 30.7 Å². The lowest BCUT2D eigenvalue weighted by atomic mass is 10.1. The summed E-state index contributed by atoms with van der Waals surface area (Å²) in [6.07, 6.45) is 2.48. The predicted molar refractivity (Wildman–Crippen MR) is 84.9 cm³/mol. The van der Waals surface area contributed by atoms with Crippen LogP contribution in [0.2, 0.25) is 0 Å². The van der Waals surface area contributed by atoms with Gasteiger partial charge in [0.25, 0.3) is 0 Å². The molecule has 2 rings (SSSR count). The van der Waals surface area contributed by atoms with Crippen LogP contribution in [0.15, 0.2) is 41.3 Å². The third-order valence-electron chi connectivity index (χ3n) is 3.16. The largest absolute Gasteiger partial charge is 0.476 e. The van der Waals surface area contributed by atoms with E-state index in [0.29, 0.717) is 24.0 Å². The zero-order chi connectivity index (χ0) is 17.5. The van der Waals surface area contributed by atoms with Crippen LogP contribution in [-0.2, 0) is 11.3 Å². The molecule has 7 nitrogen and oxygen atoms in total. The number of hydrogen-bond acceptors (Lipinski definition) is 5. The second kappa shape index (κ2) is 7.74. The topological polar surface area (TPSA) is 116 Å². The molecule has 2 aromatic rings. The van der Waals surface area contributed by atoms with Crippen LogP contribution in [0.25, 0.3) is 11.3 Å². The van der Waals surface area contributed by atoms with Crippen LogP contribution in [0.5, 0.6) is 0 Å². The lowest BCUT2D eigenvalue weighted by molar-refractivity contribution is -0.121. The highest BCUT2D eigenvalue weighted by Crippen LogP contribution is 2.25. The Bertz CT molecular complexity index is 800. The minimum atomic E-state index is -1.23. The second-order valence-corrected chi connectivity index (χ2v) is 4.88. The number of aromatic nitrogens is 1. The van der Waals surface area contributed by atoms with E-state index in [2.05, 4.69) is 16.9 Å². The van der Waals surface area contributed by atoms with Gasteiger partial charge in [-0.1, -0.05) is 6.08 Å². The molecule has 0 radical (unpaired) electrons. The fourth-order valence-corrected chi connectivity index (χ4v) is 1.97. The standard InChI is InChI=1S/C17H15N3O4/c1-2-3-4-13(21)19-10-14-20-15(17(22)23)16(24-14)12-7-5-11(9-18)6-8-12/h2,5-8H,1,3-4,10H2,(H,19,21)(H,22,23). The summed E-state index contributed by atoms with van der Waals surface area (Å²) in [5.74, 6) is -1.26. The van der Waals surface area contributed by atoms with E-state index in [-0.39, 0.29) is 29.8 Å². The fraction of sp³-hybridized carbons (Fsp3) is 0.176. The van der Waals surface area contributed by atoms with Gasteiger partial charge in [-0.25, -0.2) is 9.78 Å². The Labute approximate surface area is 138 Å². The quantitative estimate of drug-likeness (QED) is 0.755. The number of nitrogens with zero attached hydrogens (tertiary/aromatic N) is 2. The molecule has 122 valence electrons. The third-order valence-corrected chi connectivity index (χ3v) is 3.16. The zero-order valence-electron chi connectivity index (χ0n) is 12.8. The fourth-order valence-electron chi connectivity index (χ4n) is 1.97. The Hall–Kier alpha value is -3.40. The van der Waals surface area contributed by atoms with E-state index in [1.54, 1.807) is 30.3 Å². The van der Waals surface area contributed by atoms with Crippen LogP contribution >= 0.6 is 0 Å². The average Bonchev–Trinajstić information content (AvgIpc) is 3.03. The van der Waals surface area contributed by atoms with Gasteiger partial charge in [0.15, 0.2) is 11.5 Å². The van der Waals surface area contributed by atoms with Crippen LogP contribution in [0.1, 0.15) is 34.8 Å². The van der Waals surface area contributed by atoms with E-state index in [4.69, 9.17) is 9.68 Å². The smallest absolute Gasteiger partial charge is 0.358 e. The molecule has 24 heavy (non-hydrogen) atoms. The number of allylic oxidation sites excluding steroid dienone is 1. The normalized spacial score (nSPS) is 9.96. The Balaban J connectivity index is 2.20. The average molecular weight is 325 g/mol. The number of carboxylic acid groups (broad SMARTS) is 1. The molecule has 0 aliphatic heterocycles. The maximum absolute atomic E-state index is 11.6. The number of benzene rings is 1. The molecule has 0 aliphatic rings. The summed E-state index contributed by atoms with van der Waals surface area (Å²) in [5.41, 5.74) is 0.697. The number of aromatic carboxylic acids is 1. The van der Waals surface area contributed by atoms with Crippen molar-refractivity contribution in [1.82, 2.24) is 10.3 Å². The lowest BCUT2D eigenvalue weighted by Crippen LogP contribution is -2.22. The van der Waals surface area contributed by atoms with E-state index in [1.807, 2.05) is 6.07 Å². The summed E-state index contributed by atoms with van der Waals surface area (Å²) >= 11 is 0. The minimum Gasteiger partial charge on any atom is -0.476 e. The molecule has 0 saturated carbocycles. The van der Waals surface area contributed by atoms with Gasteiger partial charge in [0.05, 0.1) is 18.2 Å². The van der Waals surface area contributed by atoms with Gasteiger partial charge >= 0.3 is 5.97 Å². The highest BCUT2D eigenvalue weighted by atomic mass is 16.4. The monoisotopic (exact) mass is 325 g/mol. The Morgan fingerprint density at radius 1 is 1.38 bits per heavy atom. The van der Waals surface area contributed by atoms with Gasteiger partial charge in [-0.3, -0.25) is 4.79 Å². The van der Waals surface area contributed by atoms with Crippen molar-refractivity contribution in [2.24, 2.45) is 0 Å². The summed E-state index contributed by atoms with van der Waals surface area (Å²) in [6, 6.07) is 8.25. The molecule has 0 atom stereocenters. The van der Waals surface area contributed by atoms with E-state index in [9.17, 15) is 14.7 Å². The summed E-state index contributed by atoms with van der Waals surface area (Å²) in [7, 11) is 0. The van der Waals surface area contributed by atoms with Crippen LogP contribution in [0, 0.1) is 11.3 Å². The number of nitrogens with one attached hydrogen (secondary N) is 1. The van der Waals surface area contributed by atoms with Crippen LogP contribution < -0.4 is 5.32 Å². The van der Waals surface area contributed by atoms with Crippen molar-refractivity contribution < 1.29 is 19.1 Å². The molecule has 1 amide bonds. The van der Waals surface area contributed by atoms with Gasteiger partial charge in [0.1, 0.15) is 0 Å². The van der Waals surface area contributed by atoms with Crippen molar-refractivity contribution in [3.05, 3.63) is 54.1 Å². The van der Waals surface area contributed by atoms with Gasteiger partial charge < -0.3 is 14.8 Å². The number of rotatable bonds is 7. The summed E-state index contributed by atoms with van der Waals surface area (Å²) in [6.45, 7) is 3.53. The zero-order valence-corrected chi connectivity index (χ0v) is 12.8. The maximum atomic E-state index is 11.6. The number of nitriles is 1. The van der Waals surface area contributed by atoms with E-state index < -0.39 is 5.97 Å². The second-order valence-electron chi connectivity index (χ2n) is 4.88. The first-order valence-corrected chi connectivity index (χ1v) is 7.16. The maximum Gasteiger partial charge on any atom is 0.358 e. The predicted octanol–water partition coefficient (Wildman–Crippen LogP) is 2.49. The van der Waals surface area contributed by atoms with Crippen molar-refractivity contribution in [2.45, 2.75) is 19.4 Å². The number of carbonyl (C=O) groups is 2. The van der Waals surface area contributed by atoms with Crippen LogP contribution in [0.3, 0.4) is 0 Å². The summed E-state index contributed by atoms with van der Waals surface area (Å²) in [4.78, 5) is 26.8. The molecule has 1 heterocycles. The van der Waals surface area contributed by atoms with Crippen molar-refractivity contribution in [3.63, 3.8) is 0 Å². The first-order valence-electron chi connectivity index (χ1n) is 7.16. The van der Waals surface area contributed by atoms with Crippen molar-refractivity contribution in [1.29, 1.82) is 5.26 Å². The van der Waals surface area contributed by atoms with Gasteiger partial charge in [0.2, 0.25) is 11.8 Å². The molecule has 0 unspecified atom stereocenters. The van der Waals surface area contributed by atoms with Gasteiger partial charge in [0, 0.05) is 12.0 Å². The SMILES string of the molecule is C=CCCC(=O)NCc1nc(C(=O)O)c(-c2ccc(C#N)cc2)o1. The molecule has 0 aliphatic carbocycles. The van der Waals surface area contributed by atoms with Gasteiger partial charge in [-0.15, -0.1) is 6.58 Å². The minimum absolute atomic E-state index is 0.00741. The lowest BCUT2D eigenvalue weighted by Gasteiger charge is -2.00. The van der Waals surface area contributed by atoms with Crippen LogP contribution in [-0.4, -0.2) is 22.0 Å².